The first-order chi connectivity index (χ1) is 16.1. The fraction of sp³-hybridized carbons (Fsp3) is 0.111. The largest absolute Gasteiger partial charge is 0.462 e. The van der Waals surface area contributed by atoms with Gasteiger partial charge in [-0.15, -0.1) is 0 Å². The van der Waals surface area contributed by atoms with Gasteiger partial charge in [0.05, 0.1) is 17.9 Å². The number of nitrogens with zero attached hydrogens (tertiary/aromatic N) is 1. The number of rotatable bonds is 5. The van der Waals surface area contributed by atoms with Crippen LogP contribution in [0.1, 0.15) is 22.8 Å². The van der Waals surface area contributed by atoms with E-state index in [-0.39, 0.29) is 17.7 Å². The zero-order valence-electron chi connectivity index (χ0n) is 17.9. The van der Waals surface area contributed by atoms with Gasteiger partial charge in [-0.1, -0.05) is 48.5 Å². The fourth-order valence-corrected chi connectivity index (χ4v) is 4.24. The number of benzene rings is 3. The molecule has 0 radical (unpaired) electrons. The molecule has 0 N–H and O–H groups in total. The van der Waals surface area contributed by atoms with E-state index >= 15 is 0 Å². The van der Waals surface area contributed by atoms with Crippen molar-refractivity contribution in [3.05, 3.63) is 106 Å². The third-order valence-electron chi connectivity index (χ3n) is 5.60. The molecule has 0 aliphatic carbocycles. The molecule has 164 valence electrons. The van der Waals surface area contributed by atoms with Gasteiger partial charge in [0, 0.05) is 17.3 Å². The maximum absolute atomic E-state index is 13.7. The van der Waals surface area contributed by atoms with E-state index in [0.717, 1.165) is 5.56 Å². The summed E-state index contributed by atoms with van der Waals surface area (Å²) in [5, 5.41) is 1.10. The zero-order chi connectivity index (χ0) is 22.9. The molecule has 5 nitrogen and oxygen atoms in total. The summed E-state index contributed by atoms with van der Waals surface area (Å²) < 4.78 is 26.6. The van der Waals surface area contributed by atoms with E-state index in [1.54, 1.807) is 35.8 Å². The maximum atomic E-state index is 13.7. The van der Waals surface area contributed by atoms with Crippen molar-refractivity contribution in [2.24, 2.45) is 0 Å². The Labute approximate surface area is 188 Å². The molecule has 0 unspecified atom stereocenters. The highest BCUT2D eigenvalue weighted by molar-refractivity contribution is 6.18. The van der Waals surface area contributed by atoms with Crippen LogP contribution in [0, 0.1) is 5.82 Å². The molecule has 2 aromatic heterocycles. The molecule has 6 heteroatoms. The van der Waals surface area contributed by atoms with Gasteiger partial charge in [-0.05, 0) is 48.4 Å². The third-order valence-corrected chi connectivity index (χ3v) is 5.60. The third kappa shape index (κ3) is 3.59. The Morgan fingerprint density at radius 1 is 0.970 bits per heavy atom. The topological polar surface area (TPSA) is 61.4 Å². The van der Waals surface area contributed by atoms with Crippen LogP contribution < -0.4 is 5.63 Å². The van der Waals surface area contributed by atoms with Gasteiger partial charge in [0.1, 0.15) is 16.9 Å². The summed E-state index contributed by atoms with van der Waals surface area (Å²) in [5.74, 6) is -0.948. The Morgan fingerprint density at radius 3 is 2.39 bits per heavy atom. The van der Waals surface area contributed by atoms with E-state index in [4.69, 9.17) is 9.15 Å². The van der Waals surface area contributed by atoms with Crippen molar-refractivity contribution < 1.29 is 18.3 Å². The molecule has 33 heavy (non-hydrogen) atoms. The van der Waals surface area contributed by atoms with Crippen LogP contribution in [0.25, 0.3) is 33.1 Å². The molecule has 3 aromatic carbocycles. The van der Waals surface area contributed by atoms with Gasteiger partial charge in [-0.3, -0.25) is 0 Å². The molecule has 0 saturated heterocycles. The molecule has 0 saturated carbocycles. The molecule has 0 atom stereocenters. The summed E-state index contributed by atoms with van der Waals surface area (Å²) in [5.41, 5.74) is 2.35. The summed E-state index contributed by atoms with van der Waals surface area (Å²) in [4.78, 5) is 26.5. The average Bonchev–Trinajstić information content (AvgIpc) is 3.16. The number of para-hydroxylation sites is 1. The lowest BCUT2D eigenvalue weighted by Gasteiger charge is -2.12. The standard InChI is InChI=1S/C27H20FNO4/c1-2-32-26(30)23-22-20-10-6-7-11-21(20)33-27(31)25(22)29(16-17-8-4-3-5-9-17)24(23)18-12-14-19(28)15-13-18/h3-15H,2,16H2,1H3. The maximum Gasteiger partial charge on any atom is 0.361 e. The Morgan fingerprint density at radius 2 is 1.67 bits per heavy atom. The number of esters is 1. The Hall–Kier alpha value is -4.19. The van der Waals surface area contributed by atoms with E-state index in [1.807, 2.05) is 42.5 Å². The van der Waals surface area contributed by atoms with Crippen molar-refractivity contribution in [1.82, 2.24) is 4.57 Å². The van der Waals surface area contributed by atoms with Crippen LogP contribution in [-0.2, 0) is 11.3 Å². The summed E-state index contributed by atoms with van der Waals surface area (Å²) in [6, 6.07) is 22.5. The molecule has 0 fully saturated rings. The Kier molecular flexibility index (Phi) is 5.26. The highest BCUT2D eigenvalue weighted by Crippen LogP contribution is 2.37. The number of carbonyl (C=O) groups is 1. The smallest absolute Gasteiger partial charge is 0.361 e. The van der Waals surface area contributed by atoms with E-state index in [9.17, 15) is 14.0 Å². The molecule has 0 aliphatic heterocycles. The minimum absolute atomic E-state index is 0.173. The minimum atomic E-state index is -0.557. The van der Waals surface area contributed by atoms with Crippen molar-refractivity contribution >= 4 is 27.8 Å². The molecule has 2 heterocycles. The van der Waals surface area contributed by atoms with Crippen LogP contribution in [0.3, 0.4) is 0 Å². The average molecular weight is 441 g/mol. The highest BCUT2D eigenvalue weighted by atomic mass is 19.1. The number of aromatic nitrogens is 1. The Bertz CT molecular complexity index is 1530. The molecular weight excluding hydrogens is 421 g/mol. The number of hydrogen-bond acceptors (Lipinski definition) is 4. The lowest BCUT2D eigenvalue weighted by Crippen LogP contribution is -2.10. The number of fused-ring (bicyclic) bond motifs is 3. The molecule has 5 rings (SSSR count). The first-order valence-corrected chi connectivity index (χ1v) is 10.6. The van der Waals surface area contributed by atoms with E-state index < -0.39 is 17.4 Å². The Balaban J connectivity index is 1.96. The monoisotopic (exact) mass is 441 g/mol. The van der Waals surface area contributed by atoms with Crippen molar-refractivity contribution in [2.75, 3.05) is 6.61 Å². The number of hydrogen-bond donors (Lipinski definition) is 0. The molecule has 0 aliphatic rings. The van der Waals surface area contributed by atoms with Gasteiger partial charge in [0.15, 0.2) is 0 Å². The van der Waals surface area contributed by atoms with Gasteiger partial charge < -0.3 is 13.7 Å². The quantitative estimate of drug-likeness (QED) is 0.256. The fourth-order valence-electron chi connectivity index (χ4n) is 4.24. The molecule has 5 aromatic rings. The highest BCUT2D eigenvalue weighted by Gasteiger charge is 2.29. The predicted molar refractivity (Wildman–Crippen MR) is 125 cm³/mol. The summed E-state index contributed by atoms with van der Waals surface area (Å²) in [6.45, 7) is 2.21. The van der Waals surface area contributed by atoms with E-state index in [2.05, 4.69) is 0 Å². The van der Waals surface area contributed by atoms with Crippen LogP contribution >= 0.6 is 0 Å². The predicted octanol–water partition coefficient (Wildman–Crippen LogP) is 5.78. The van der Waals surface area contributed by atoms with Crippen molar-refractivity contribution in [3.63, 3.8) is 0 Å². The van der Waals surface area contributed by atoms with Gasteiger partial charge >= 0.3 is 11.6 Å². The normalized spacial score (nSPS) is 11.2. The minimum Gasteiger partial charge on any atom is -0.462 e. The SMILES string of the molecule is CCOC(=O)c1c(-c2ccc(F)cc2)n(Cc2ccccc2)c2c(=O)oc3ccccc3c12. The van der Waals surface area contributed by atoms with Crippen LogP contribution in [0.2, 0.25) is 0 Å². The van der Waals surface area contributed by atoms with Crippen LogP contribution in [0.15, 0.2) is 88.1 Å². The van der Waals surface area contributed by atoms with Gasteiger partial charge in [-0.25, -0.2) is 14.0 Å². The van der Waals surface area contributed by atoms with Crippen molar-refractivity contribution in [1.29, 1.82) is 0 Å². The number of halogens is 1. The zero-order valence-corrected chi connectivity index (χ0v) is 17.9. The second kappa shape index (κ2) is 8.39. The van der Waals surface area contributed by atoms with Crippen LogP contribution in [0.4, 0.5) is 4.39 Å². The number of ether oxygens (including phenoxy) is 1. The van der Waals surface area contributed by atoms with E-state index in [1.165, 1.54) is 12.1 Å². The van der Waals surface area contributed by atoms with Gasteiger partial charge in [-0.2, -0.15) is 0 Å². The first-order valence-electron chi connectivity index (χ1n) is 10.6. The molecule has 0 spiro atoms. The van der Waals surface area contributed by atoms with Gasteiger partial charge in [0.2, 0.25) is 0 Å². The summed E-state index contributed by atoms with van der Waals surface area (Å²) in [6.07, 6.45) is 0. The second-order valence-corrected chi connectivity index (χ2v) is 7.63. The first kappa shape index (κ1) is 20.7. The van der Waals surface area contributed by atoms with Crippen molar-refractivity contribution in [2.45, 2.75) is 13.5 Å². The molecular formula is C27H20FNO4. The second-order valence-electron chi connectivity index (χ2n) is 7.63. The van der Waals surface area contributed by atoms with Crippen LogP contribution in [0.5, 0.6) is 0 Å². The summed E-state index contributed by atoms with van der Waals surface area (Å²) >= 11 is 0. The lowest BCUT2D eigenvalue weighted by molar-refractivity contribution is 0.0529. The van der Waals surface area contributed by atoms with E-state index in [0.29, 0.717) is 34.2 Å². The van der Waals surface area contributed by atoms with Crippen molar-refractivity contribution in [3.8, 4) is 11.3 Å². The molecule has 0 amide bonds. The van der Waals surface area contributed by atoms with Gasteiger partial charge in [0.25, 0.3) is 0 Å². The lowest BCUT2D eigenvalue weighted by atomic mass is 10.0. The number of carbonyl (C=O) groups excluding carboxylic acids is 1. The van der Waals surface area contributed by atoms with Crippen LogP contribution in [-0.4, -0.2) is 17.1 Å². The molecule has 0 bridgehead atoms. The summed E-state index contributed by atoms with van der Waals surface area (Å²) in [7, 11) is 0.